The van der Waals surface area contributed by atoms with Gasteiger partial charge < -0.3 is 20.2 Å². The van der Waals surface area contributed by atoms with Gasteiger partial charge in [-0.25, -0.2) is 0 Å². The van der Waals surface area contributed by atoms with Gasteiger partial charge in [0.25, 0.3) is 0 Å². The molecule has 8 nitrogen and oxygen atoms in total. The van der Waals surface area contributed by atoms with E-state index in [9.17, 15) is 25.0 Å². The maximum atomic E-state index is 13.3. The van der Waals surface area contributed by atoms with Gasteiger partial charge in [0, 0.05) is 29.2 Å². The van der Waals surface area contributed by atoms with Crippen molar-refractivity contribution in [2.45, 2.75) is 38.3 Å². The Balaban J connectivity index is 0.000000330. The van der Waals surface area contributed by atoms with Crippen molar-refractivity contribution in [3.8, 4) is 17.2 Å². The lowest BCUT2D eigenvalue weighted by molar-refractivity contribution is 0.0971. The second-order valence-electron chi connectivity index (χ2n) is 9.49. The van der Waals surface area contributed by atoms with Crippen LogP contribution in [-0.2, 0) is 6.42 Å². The molecule has 0 aromatic heterocycles. The van der Waals surface area contributed by atoms with Crippen LogP contribution in [-0.4, -0.2) is 45.3 Å². The van der Waals surface area contributed by atoms with E-state index in [-0.39, 0.29) is 45.9 Å². The van der Waals surface area contributed by atoms with Crippen LogP contribution in [0.4, 0.5) is 0 Å². The molecule has 0 saturated carbocycles. The fourth-order valence-corrected chi connectivity index (χ4v) is 5.48. The van der Waals surface area contributed by atoms with Crippen molar-refractivity contribution in [2.75, 3.05) is 7.11 Å². The molecule has 4 N–H and O–H groups in total. The number of rotatable bonds is 1. The SMILES string of the molecule is COc1cccc2c1C(=O)c1c(O)c3c(c(O)c1C2=O)CC1(C)NC3CC1=NO.Cc1ccccc1. The lowest BCUT2D eigenvalue weighted by Gasteiger charge is -2.35. The van der Waals surface area contributed by atoms with Crippen LogP contribution >= 0.6 is 0 Å². The molecule has 0 spiro atoms. The van der Waals surface area contributed by atoms with Gasteiger partial charge in [0.1, 0.15) is 17.2 Å². The van der Waals surface area contributed by atoms with Crippen molar-refractivity contribution in [2.24, 2.45) is 5.16 Å². The summed E-state index contributed by atoms with van der Waals surface area (Å²) in [5.41, 5.74) is 1.61. The van der Waals surface area contributed by atoms with Gasteiger partial charge in [0.2, 0.25) is 5.78 Å². The van der Waals surface area contributed by atoms with E-state index in [1.165, 1.54) is 18.7 Å². The average molecular weight is 487 g/mol. The lowest BCUT2D eigenvalue weighted by Crippen LogP contribution is -2.47. The van der Waals surface area contributed by atoms with Crippen molar-refractivity contribution >= 4 is 17.3 Å². The number of phenols is 2. The first-order valence-corrected chi connectivity index (χ1v) is 11.6. The third kappa shape index (κ3) is 3.37. The van der Waals surface area contributed by atoms with E-state index in [1.54, 1.807) is 12.1 Å². The number of aryl methyl sites for hydroxylation is 1. The van der Waals surface area contributed by atoms with E-state index in [2.05, 4.69) is 29.5 Å². The molecule has 3 aromatic carbocycles. The summed E-state index contributed by atoms with van der Waals surface area (Å²) in [6, 6.07) is 14.5. The molecule has 1 fully saturated rings. The van der Waals surface area contributed by atoms with Crippen LogP contribution < -0.4 is 10.1 Å². The summed E-state index contributed by atoms with van der Waals surface area (Å²) in [6.45, 7) is 3.91. The normalized spacial score (nSPS) is 22.3. The number of benzene rings is 3. The van der Waals surface area contributed by atoms with Gasteiger partial charge in [0.15, 0.2) is 5.78 Å². The van der Waals surface area contributed by atoms with E-state index >= 15 is 0 Å². The predicted molar refractivity (Wildman–Crippen MR) is 133 cm³/mol. The van der Waals surface area contributed by atoms with E-state index in [1.807, 2.05) is 25.1 Å². The van der Waals surface area contributed by atoms with Gasteiger partial charge in [-0.05, 0) is 26.3 Å². The minimum absolute atomic E-state index is 0.0692. The highest BCUT2D eigenvalue weighted by Crippen LogP contribution is 2.52. The smallest absolute Gasteiger partial charge is 0.202 e. The Kier molecular flexibility index (Phi) is 5.56. The number of nitrogens with one attached hydrogen (secondary N) is 1. The van der Waals surface area contributed by atoms with E-state index in [0.717, 1.165) is 0 Å². The second kappa shape index (κ2) is 8.49. The first-order chi connectivity index (χ1) is 17.2. The summed E-state index contributed by atoms with van der Waals surface area (Å²) in [6.07, 6.45) is 0.519. The minimum atomic E-state index is -0.715. The molecule has 36 heavy (non-hydrogen) atoms. The topological polar surface area (TPSA) is 128 Å². The molecule has 0 radical (unpaired) electrons. The number of methoxy groups -OCH3 is 1. The van der Waals surface area contributed by atoms with Crippen molar-refractivity contribution in [1.82, 2.24) is 5.32 Å². The van der Waals surface area contributed by atoms with Gasteiger partial charge in [-0.15, -0.1) is 0 Å². The number of nitrogens with zero attached hydrogens (tertiary/aromatic N) is 1. The standard InChI is InChI=1S/C21H18N2O6.C7H8/c1-21-7-9-13(10(22-21)6-12(21)23-28)19(26)16-15(18(9)25)17(24)8-4-3-5-11(29-2)14(8)20(16)27;1-7-5-3-2-4-6-7/h3-5,10,22,25-26,28H,6-7H2,1-2H3;2-6H,1H3. The predicted octanol–water partition coefficient (Wildman–Crippen LogP) is 4.06. The maximum absolute atomic E-state index is 13.3. The summed E-state index contributed by atoms with van der Waals surface area (Å²) in [5.74, 6) is -1.54. The number of hydrogen-bond donors (Lipinski definition) is 4. The number of hydrogen-bond acceptors (Lipinski definition) is 8. The van der Waals surface area contributed by atoms with Crippen LogP contribution in [0.5, 0.6) is 17.2 Å². The van der Waals surface area contributed by atoms with E-state index in [4.69, 9.17) is 4.74 Å². The van der Waals surface area contributed by atoms with E-state index in [0.29, 0.717) is 23.3 Å². The molecule has 6 rings (SSSR count). The zero-order chi connectivity index (χ0) is 25.8. The fourth-order valence-electron chi connectivity index (χ4n) is 5.48. The molecule has 2 atom stereocenters. The highest BCUT2D eigenvalue weighted by molar-refractivity contribution is 6.31. The van der Waals surface area contributed by atoms with Crippen LogP contribution in [0, 0.1) is 6.92 Å². The lowest BCUT2D eigenvalue weighted by atomic mass is 9.77. The molecule has 2 heterocycles. The van der Waals surface area contributed by atoms with Gasteiger partial charge in [0.05, 0.1) is 35.1 Å². The van der Waals surface area contributed by atoms with E-state index < -0.39 is 23.1 Å². The molecule has 2 bridgehead atoms. The Morgan fingerprint density at radius 2 is 1.67 bits per heavy atom. The zero-order valence-corrected chi connectivity index (χ0v) is 20.1. The third-order valence-corrected chi connectivity index (χ3v) is 7.23. The summed E-state index contributed by atoms with van der Waals surface area (Å²) >= 11 is 0. The monoisotopic (exact) mass is 486 g/mol. The van der Waals surface area contributed by atoms with Crippen molar-refractivity contribution in [1.29, 1.82) is 0 Å². The average Bonchev–Trinajstić information content (AvgIpc) is 3.14. The second-order valence-corrected chi connectivity index (χ2v) is 9.49. The molecule has 0 amide bonds. The molecule has 8 heteroatoms. The van der Waals surface area contributed by atoms with Gasteiger partial charge in [-0.3, -0.25) is 14.9 Å². The van der Waals surface area contributed by atoms with Crippen molar-refractivity contribution in [3.05, 3.63) is 87.5 Å². The molecule has 1 aliphatic carbocycles. The number of phenolic OH excluding ortho intramolecular Hbond substituents is 2. The Hall–Kier alpha value is -4.17. The van der Waals surface area contributed by atoms with Crippen LogP contribution in [0.15, 0.2) is 53.7 Å². The number of carbonyl (C=O) groups is 2. The minimum Gasteiger partial charge on any atom is -0.507 e. The summed E-state index contributed by atoms with van der Waals surface area (Å²) in [7, 11) is 1.39. The fraction of sp³-hybridized carbons (Fsp3) is 0.250. The summed E-state index contributed by atoms with van der Waals surface area (Å²) in [4.78, 5) is 26.5. The molecule has 184 valence electrons. The summed E-state index contributed by atoms with van der Waals surface area (Å²) < 4.78 is 5.25. The Labute approximate surface area is 207 Å². The highest BCUT2D eigenvalue weighted by atomic mass is 16.5. The summed E-state index contributed by atoms with van der Waals surface area (Å²) in [5, 5.41) is 38.1. The molecule has 3 aromatic rings. The number of carbonyl (C=O) groups excluding carboxylic acids is 2. The molecule has 3 aliphatic rings. The number of ether oxygens (including phenoxy) is 1. The Morgan fingerprint density at radius 3 is 2.28 bits per heavy atom. The van der Waals surface area contributed by atoms with Gasteiger partial charge in [-0.1, -0.05) is 53.2 Å². The molecular weight excluding hydrogens is 460 g/mol. The van der Waals surface area contributed by atoms with Crippen LogP contribution in [0.3, 0.4) is 0 Å². The Morgan fingerprint density at radius 1 is 0.972 bits per heavy atom. The largest absolute Gasteiger partial charge is 0.507 e. The van der Waals surface area contributed by atoms with Crippen molar-refractivity contribution < 1.29 is 29.7 Å². The molecule has 2 aliphatic heterocycles. The number of fused-ring (bicyclic) bond motifs is 6. The number of oxime groups is 1. The van der Waals surface area contributed by atoms with Gasteiger partial charge >= 0.3 is 0 Å². The number of aromatic hydroxyl groups is 2. The quantitative estimate of drug-likeness (QED) is 0.181. The van der Waals surface area contributed by atoms with Gasteiger partial charge in [-0.2, -0.15) is 0 Å². The number of ketones is 2. The molecule has 2 unspecified atom stereocenters. The first-order valence-electron chi connectivity index (χ1n) is 11.6. The van der Waals surface area contributed by atoms with Crippen LogP contribution in [0.1, 0.15) is 67.9 Å². The highest BCUT2D eigenvalue weighted by Gasteiger charge is 2.50. The third-order valence-electron chi connectivity index (χ3n) is 7.23. The van der Waals surface area contributed by atoms with Crippen LogP contribution in [0.25, 0.3) is 0 Å². The zero-order valence-electron chi connectivity index (χ0n) is 20.1. The Bertz CT molecular complexity index is 1450. The molecular formula is C28H26N2O6. The molecule has 1 saturated heterocycles. The van der Waals surface area contributed by atoms with Crippen LogP contribution in [0.2, 0.25) is 0 Å². The first kappa shape index (κ1) is 23.6. The van der Waals surface area contributed by atoms with Crippen molar-refractivity contribution in [3.63, 3.8) is 0 Å². The maximum Gasteiger partial charge on any atom is 0.202 e.